The third-order valence-corrected chi connectivity index (χ3v) is 3.97. The molecule has 1 aromatic rings. The number of ether oxygens (including phenoxy) is 1. The van der Waals surface area contributed by atoms with Gasteiger partial charge in [-0.1, -0.05) is 18.0 Å². The first-order chi connectivity index (χ1) is 8.69. The molecule has 1 aromatic heterocycles. The van der Waals surface area contributed by atoms with Crippen LogP contribution in [0.5, 0.6) is 0 Å². The first-order valence-electron chi connectivity index (χ1n) is 6.67. The topological polar surface area (TPSA) is 86.2 Å². The fourth-order valence-electron chi connectivity index (χ4n) is 2.80. The zero-order chi connectivity index (χ0) is 12.6. The molecular formula is C12H20N4O2. The van der Waals surface area contributed by atoms with Gasteiger partial charge in [0.2, 0.25) is 5.89 Å². The molecule has 3 rings (SSSR count). The van der Waals surface area contributed by atoms with Crippen molar-refractivity contribution in [2.24, 2.45) is 5.73 Å². The van der Waals surface area contributed by atoms with E-state index in [1.54, 1.807) is 0 Å². The van der Waals surface area contributed by atoms with Crippen LogP contribution in [-0.4, -0.2) is 29.4 Å². The highest BCUT2D eigenvalue weighted by Gasteiger charge is 2.37. The molecule has 0 unspecified atom stereocenters. The summed E-state index contributed by atoms with van der Waals surface area (Å²) in [6.07, 6.45) is 4.21. The number of nitrogens with zero attached hydrogens (tertiary/aromatic N) is 2. The van der Waals surface area contributed by atoms with E-state index in [1.807, 2.05) is 6.92 Å². The lowest BCUT2D eigenvalue weighted by molar-refractivity contribution is -0.00136. The Morgan fingerprint density at radius 2 is 2.17 bits per heavy atom. The van der Waals surface area contributed by atoms with Gasteiger partial charge < -0.3 is 20.3 Å². The van der Waals surface area contributed by atoms with Crippen LogP contribution in [0.4, 0.5) is 0 Å². The molecule has 1 saturated heterocycles. The molecule has 0 radical (unpaired) electrons. The van der Waals surface area contributed by atoms with Gasteiger partial charge in [0.05, 0.1) is 18.2 Å². The number of morpholine rings is 1. The minimum absolute atomic E-state index is 0.0231. The smallest absolute Gasteiger partial charge is 0.246 e. The summed E-state index contributed by atoms with van der Waals surface area (Å²) in [7, 11) is 0. The van der Waals surface area contributed by atoms with Crippen LogP contribution in [0.25, 0.3) is 0 Å². The van der Waals surface area contributed by atoms with E-state index in [1.165, 1.54) is 0 Å². The van der Waals surface area contributed by atoms with Gasteiger partial charge in [-0.25, -0.2) is 0 Å². The summed E-state index contributed by atoms with van der Waals surface area (Å²) in [6, 6.07) is -0.0231. The molecule has 18 heavy (non-hydrogen) atoms. The van der Waals surface area contributed by atoms with E-state index >= 15 is 0 Å². The lowest BCUT2D eigenvalue weighted by Gasteiger charge is -2.27. The lowest BCUT2D eigenvalue weighted by Crippen LogP contribution is -2.40. The number of rotatable bonds is 2. The van der Waals surface area contributed by atoms with Gasteiger partial charge in [-0.05, 0) is 19.8 Å². The minimum atomic E-state index is -0.388. The summed E-state index contributed by atoms with van der Waals surface area (Å²) in [5.74, 6) is 1.24. The fraction of sp³-hybridized carbons (Fsp3) is 0.833. The van der Waals surface area contributed by atoms with Crippen molar-refractivity contribution in [2.45, 2.75) is 50.3 Å². The molecule has 0 spiro atoms. The summed E-state index contributed by atoms with van der Waals surface area (Å²) in [6.45, 7) is 3.54. The molecule has 2 heterocycles. The molecule has 1 aliphatic carbocycles. The summed E-state index contributed by atoms with van der Waals surface area (Å²) in [5.41, 5.74) is 5.93. The Kier molecular flexibility index (Phi) is 3.09. The molecule has 0 amide bonds. The van der Waals surface area contributed by atoms with Crippen molar-refractivity contribution in [3.8, 4) is 0 Å². The second-order valence-electron chi connectivity index (χ2n) is 5.33. The van der Waals surface area contributed by atoms with Gasteiger partial charge in [-0.2, -0.15) is 4.98 Å². The van der Waals surface area contributed by atoms with Crippen molar-refractivity contribution in [1.82, 2.24) is 15.5 Å². The Labute approximate surface area is 106 Å². The van der Waals surface area contributed by atoms with E-state index in [-0.39, 0.29) is 17.7 Å². The van der Waals surface area contributed by atoms with E-state index in [0.717, 1.165) is 38.8 Å². The molecule has 1 saturated carbocycles. The van der Waals surface area contributed by atoms with E-state index in [0.29, 0.717) is 11.7 Å². The number of aromatic nitrogens is 2. The van der Waals surface area contributed by atoms with Crippen LogP contribution in [0.1, 0.15) is 50.4 Å². The van der Waals surface area contributed by atoms with Crippen LogP contribution >= 0.6 is 0 Å². The van der Waals surface area contributed by atoms with Crippen LogP contribution in [-0.2, 0) is 10.3 Å². The zero-order valence-corrected chi connectivity index (χ0v) is 10.7. The van der Waals surface area contributed by atoms with Gasteiger partial charge in [0.15, 0.2) is 5.82 Å². The standard InChI is InChI=1S/C12H20N4O2/c1-8-9(14-6-7-17-8)10-15-11(16-18-10)12(13)4-2-3-5-12/h8-9,14H,2-7,13H2,1H3/t8-,9+/m1/s1. The van der Waals surface area contributed by atoms with Gasteiger partial charge in [-0.3, -0.25) is 0 Å². The van der Waals surface area contributed by atoms with E-state index in [9.17, 15) is 0 Å². The highest BCUT2D eigenvalue weighted by Crippen LogP contribution is 2.35. The van der Waals surface area contributed by atoms with Crippen molar-refractivity contribution in [1.29, 1.82) is 0 Å². The molecule has 6 nitrogen and oxygen atoms in total. The average molecular weight is 252 g/mol. The number of nitrogens with one attached hydrogen (secondary N) is 1. The number of hydrogen-bond acceptors (Lipinski definition) is 6. The average Bonchev–Trinajstić information content (AvgIpc) is 2.99. The number of nitrogens with two attached hydrogens (primary N) is 1. The van der Waals surface area contributed by atoms with Crippen molar-refractivity contribution < 1.29 is 9.26 Å². The summed E-state index contributed by atoms with van der Waals surface area (Å²) >= 11 is 0. The molecule has 0 aromatic carbocycles. The zero-order valence-electron chi connectivity index (χ0n) is 10.7. The molecule has 3 N–H and O–H groups in total. The molecule has 100 valence electrons. The van der Waals surface area contributed by atoms with Crippen LogP contribution in [0.15, 0.2) is 4.52 Å². The predicted molar refractivity (Wildman–Crippen MR) is 64.8 cm³/mol. The van der Waals surface area contributed by atoms with Crippen LogP contribution < -0.4 is 11.1 Å². The van der Waals surface area contributed by atoms with Crippen molar-refractivity contribution in [3.05, 3.63) is 11.7 Å². The van der Waals surface area contributed by atoms with E-state index < -0.39 is 0 Å². The minimum Gasteiger partial charge on any atom is -0.375 e. The first kappa shape index (κ1) is 12.1. The Bertz CT molecular complexity index is 414. The highest BCUT2D eigenvalue weighted by molar-refractivity contribution is 5.08. The van der Waals surface area contributed by atoms with Gasteiger partial charge in [0.25, 0.3) is 0 Å². The summed E-state index contributed by atoms with van der Waals surface area (Å²) in [4.78, 5) is 4.49. The summed E-state index contributed by atoms with van der Waals surface area (Å²) < 4.78 is 11.0. The molecular weight excluding hydrogens is 232 g/mol. The first-order valence-corrected chi connectivity index (χ1v) is 6.67. The Morgan fingerprint density at radius 3 is 2.89 bits per heavy atom. The Balaban J connectivity index is 1.80. The van der Waals surface area contributed by atoms with E-state index in [4.69, 9.17) is 15.0 Å². The third kappa shape index (κ3) is 2.04. The quantitative estimate of drug-likeness (QED) is 0.811. The van der Waals surface area contributed by atoms with Crippen molar-refractivity contribution in [2.75, 3.05) is 13.2 Å². The van der Waals surface area contributed by atoms with Crippen LogP contribution in [0, 0.1) is 0 Å². The second-order valence-corrected chi connectivity index (χ2v) is 5.33. The highest BCUT2D eigenvalue weighted by atomic mass is 16.5. The fourth-order valence-corrected chi connectivity index (χ4v) is 2.80. The molecule has 1 aliphatic heterocycles. The molecule has 2 fully saturated rings. The van der Waals surface area contributed by atoms with E-state index in [2.05, 4.69) is 15.5 Å². The summed E-state index contributed by atoms with van der Waals surface area (Å²) in [5, 5.41) is 7.41. The molecule has 2 atom stereocenters. The van der Waals surface area contributed by atoms with Crippen LogP contribution in [0.2, 0.25) is 0 Å². The normalized spacial score (nSPS) is 31.7. The lowest BCUT2D eigenvalue weighted by atomic mass is 9.98. The number of hydrogen-bond donors (Lipinski definition) is 2. The Morgan fingerprint density at radius 1 is 1.39 bits per heavy atom. The maximum Gasteiger partial charge on any atom is 0.246 e. The Hall–Kier alpha value is -0.980. The second kappa shape index (κ2) is 4.60. The van der Waals surface area contributed by atoms with Crippen molar-refractivity contribution >= 4 is 0 Å². The SMILES string of the molecule is C[C@H]1OCCN[C@@H]1c1nc(C2(N)CCCC2)no1. The molecule has 2 aliphatic rings. The monoisotopic (exact) mass is 252 g/mol. The maximum absolute atomic E-state index is 6.32. The van der Waals surface area contributed by atoms with Gasteiger partial charge in [0, 0.05) is 6.54 Å². The maximum atomic E-state index is 6.32. The van der Waals surface area contributed by atoms with Gasteiger partial charge in [-0.15, -0.1) is 0 Å². The van der Waals surface area contributed by atoms with Gasteiger partial charge >= 0.3 is 0 Å². The predicted octanol–water partition coefficient (Wildman–Crippen LogP) is 0.847. The third-order valence-electron chi connectivity index (χ3n) is 3.97. The van der Waals surface area contributed by atoms with Crippen molar-refractivity contribution in [3.63, 3.8) is 0 Å². The molecule has 6 heteroatoms. The van der Waals surface area contributed by atoms with Gasteiger partial charge in [0.1, 0.15) is 6.04 Å². The van der Waals surface area contributed by atoms with Crippen LogP contribution in [0.3, 0.4) is 0 Å². The molecule has 0 bridgehead atoms. The largest absolute Gasteiger partial charge is 0.375 e.